The second-order valence-corrected chi connectivity index (χ2v) is 6.36. The molecule has 3 nitrogen and oxygen atoms in total. The van der Waals surface area contributed by atoms with Crippen molar-refractivity contribution < 1.29 is 13.9 Å². The summed E-state index contributed by atoms with van der Waals surface area (Å²) in [6.45, 7) is 6.89. The molecule has 1 aliphatic rings. The van der Waals surface area contributed by atoms with Gasteiger partial charge in [0.2, 0.25) is 0 Å². The standard InChI is InChI=1S/C17H22FNO2/c1-17(2,3)21-16(20)19-10-4-5-14(12-19)11-13-6-8-15(18)9-7-13/h6-9,11H,4-5,10,12H2,1-3H3/b14-11+. The Hall–Kier alpha value is -1.84. The third kappa shape index (κ3) is 4.88. The Labute approximate surface area is 125 Å². The minimum absolute atomic E-state index is 0.240. The minimum atomic E-state index is -0.477. The number of halogens is 1. The lowest BCUT2D eigenvalue weighted by molar-refractivity contribution is 0.0247. The third-order valence-corrected chi connectivity index (χ3v) is 3.21. The number of amides is 1. The normalized spacial score (nSPS) is 17.9. The van der Waals surface area contributed by atoms with Crippen molar-refractivity contribution in [3.63, 3.8) is 0 Å². The first kappa shape index (κ1) is 15.5. The van der Waals surface area contributed by atoms with Crippen molar-refractivity contribution in [1.82, 2.24) is 4.90 Å². The van der Waals surface area contributed by atoms with E-state index in [2.05, 4.69) is 0 Å². The Morgan fingerprint density at radius 2 is 1.95 bits per heavy atom. The van der Waals surface area contributed by atoms with Crippen LogP contribution in [0.2, 0.25) is 0 Å². The highest BCUT2D eigenvalue weighted by Gasteiger charge is 2.24. The number of rotatable bonds is 1. The molecule has 0 aliphatic carbocycles. The molecule has 1 saturated heterocycles. The van der Waals surface area contributed by atoms with Gasteiger partial charge in [-0.05, 0) is 51.3 Å². The fourth-order valence-corrected chi connectivity index (χ4v) is 2.30. The van der Waals surface area contributed by atoms with E-state index < -0.39 is 5.60 Å². The van der Waals surface area contributed by atoms with Crippen LogP contribution in [-0.4, -0.2) is 29.7 Å². The Bertz CT molecular complexity index is 529. The zero-order valence-electron chi connectivity index (χ0n) is 12.9. The van der Waals surface area contributed by atoms with Crippen LogP contribution < -0.4 is 0 Å². The Morgan fingerprint density at radius 1 is 1.29 bits per heavy atom. The van der Waals surface area contributed by atoms with E-state index >= 15 is 0 Å². The van der Waals surface area contributed by atoms with Gasteiger partial charge in [0.1, 0.15) is 11.4 Å². The summed E-state index contributed by atoms with van der Waals surface area (Å²) in [4.78, 5) is 13.8. The smallest absolute Gasteiger partial charge is 0.410 e. The summed E-state index contributed by atoms with van der Waals surface area (Å²) >= 11 is 0. The predicted molar refractivity (Wildman–Crippen MR) is 81.4 cm³/mol. The van der Waals surface area contributed by atoms with Gasteiger partial charge in [0, 0.05) is 13.1 Å². The van der Waals surface area contributed by atoms with Crippen LogP contribution >= 0.6 is 0 Å². The summed E-state index contributed by atoms with van der Waals surface area (Å²) in [5, 5.41) is 0. The molecule has 21 heavy (non-hydrogen) atoms. The second kappa shape index (κ2) is 6.29. The molecule has 1 aliphatic heterocycles. The number of carbonyl (C=O) groups excluding carboxylic acids is 1. The third-order valence-electron chi connectivity index (χ3n) is 3.21. The van der Waals surface area contributed by atoms with Gasteiger partial charge in [-0.25, -0.2) is 9.18 Å². The molecule has 0 spiro atoms. The Morgan fingerprint density at radius 3 is 2.57 bits per heavy atom. The molecular formula is C17H22FNO2. The first-order chi connectivity index (χ1) is 9.83. The molecule has 1 amide bonds. The Kier molecular flexibility index (Phi) is 4.66. The number of nitrogens with zero attached hydrogens (tertiary/aromatic N) is 1. The molecule has 0 saturated carbocycles. The summed E-state index contributed by atoms with van der Waals surface area (Å²) in [6.07, 6.45) is 3.63. The van der Waals surface area contributed by atoms with Crippen LogP contribution in [0.3, 0.4) is 0 Å². The van der Waals surface area contributed by atoms with Crippen LogP contribution in [0.25, 0.3) is 6.08 Å². The summed E-state index contributed by atoms with van der Waals surface area (Å²) in [6, 6.07) is 6.38. The van der Waals surface area contributed by atoms with Crippen molar-refractivity contribution in [2.45, 2.75) is 39.2 Å². The van der Waals surface area contributed by atoms with Gasteiger partial charge in [-0.2, -0.15) is 0 Å². The molecule has 0 atom stereocenters. The van der Waals surface area contributed by atoms with E-state index in [0.717, 1.165) is 24.9 Å². The molecule has 4 heteroatoms. The lowest BCUT2D eigenvalue weighted by Crippen LogP contribution is -2.40. The molecule has 1 heterocycles. The number of hydrogen-bond acceptors (Lipinski definition) is 2. The summed E-state index contributed by atoms with van der Waals surface area (Å²) < 4.78 is 18.3. The highest BCUT2D eigenvalue weighted by atomic mass is 19.1. The van der Waals surface area contributed by atoms with Crippen LogP contribution in [0.15, 0.2) is 29.8 Å². The molecule has 2 rings (SSSR count). The van der Waals surface area contributed by atoms with E-state index in [1.54, 1.807) is 17.0 Å². The second-order valence-electron chi connectivity index (χ2n) is 6.36. The van der Waals surface area contributed by atoms with Crippen molar-refractivity contribution in [3.8, 4) is 0 Å². The van der Waals surface area contributed by atoms with Crippen molar-refractivity contribution in [3.05, 3.63) is 41.2 Å². The first-order valence-corrected chi connectivity index (χ1v) is 7.26. The first-order valence-electron chi connectivity index (χ1n) is 7.26. The maximum atomic E-state index is 12.9. The van der Waals surface area contributed by atoms with Gasteiger partial charge in [0.15, 0.2) is 0 Å². The number of carbonyl (C=O) groups is 1. The number of ether oxygens (including phenoxy) is 1. The summed E-state index contributed by atoms with van der Waals surface area (Å²) in [5.41, 5.74) is 1.64. The van der Waals surface area contributed by atoms with Crippen LogP contribution in [0.5, 0.6) is 0 Å². The summed E-state index contributed by atoms with van der Waals surface area (Å²) in [7, 11) is 0. The fourth-order valence-electron chi connectivity index (χ4n) is 2.30. The molecule has 1 aromatic carbocycles. The average molecular weight is 291 g/mol. The molecule has 1 aromatic rings. The molecule has 114 valence electrons. The molecule has 0 N–H and O–H groups in total. The van der Waals surface area contributed by atoms with E-state index in [1.165, 1.54) is 17.7 Å². The molecule has 0 aromatic heterocycles. The van der Waals surface area contributed by atoms with Gasteiger partial charge >= 0.3 is 6.09 Å². The lowest BCUT2D eigenvalue weighted by Gasteiger charge is -2.31. The van der Waals surface area contributed by atoms with E-state index in [1.807, 2.05) is 26.8 Å². The summed E-state index contributed by atoms with van der Waals surface area (Å²) in [5.74, 6) is -0.240. The van der Waals surface area contributed by atoms with Gasteiger partial charge in [-0.15, -0.1) is 0 Å². The lowest BCUT2D eigenvalue weighted by atomic mass is 10.0. The highest BCUT2D eigenvalue weighted by molar-refractivity contribution is 5.69. The molecular weight excluding hydrogens is 269 g/mol. The number of likely N-dealkylation sites (tertiary alicyclic amines) is 1. The quantitative estimate of drug-likeness (QED) is 0.774. The topological polar surface area (TPSA) is 29.5 Å². The Balaban J connectivity index is 2.03. The number of hydrogen-bond donors (Lipinski definition) is 0. The predicted octanol–water partition coefficient (Wildman–Crippen LogP) is 4.24. The molecule has 1 fully saturated rings. The maximum absolute atomic E-state index is 12.9. The zero-order valence-corrected chi connectivity index (χ0v) is 12.9. The SMILES string of the molecule is CC(C)(C)OC(=O)N1CCC/C(=C\c2ccc(F)cc2)C1. The fraction of sp³-hybridized carbons (Fsp3) is 0.471. The number of piperidine rings is 1. The van der Waals surface area contributed by atoms with Crippen LogP contribution in [0, 0.1) is 5.82 Å². The van der Waals surface area contributed by atoms with Gasteiger partial charge in [-0.1, -0.05) is 23.8 Å². The van der Waals surface area contributed by atoms with E-state index in [9.17, 15) is 9.18 Å². The van der Waals surface area contributed by atoms with Crippen molar-refractivity contribution in [2.75, 3.05) is 13.1 Å². The molecule has 0 bridgehead atoms. The largest absolute Gasteiger partial charge is 0.444 e. The van der Waals surface area contributed by atoms with Gasteiger partial charge in [0.05, 0.1) is 0 Å². The molecule has 0 radical (unpaired) electrons. The van der Waals surface area contributed by atoms with Gasteiger partial charge in [-0.3, -0.25) is 0 Å². The average Bonchev–Trinajstić information content (AvgIpc) is 2.40. The van der Waals surface area contributed by atoms with E-state index in [4.69, 9.17) is 4.74 Å². The van der Waals surface area contributed by atoms with E-state index in [0.29, 0.717) is 6.54 Å². The van der Waals surface area contributed by atoms with E-state index in [-0.39, 0.29) is 11.9 Å². The van der Waals surface area contributed by atoms with Crippen LogP contribution in [0.4, 0.5) is 9.18 Å². The maximum Gasteiger partial charge on any atom is 0.410 e. The van der Waals surface area contributed by atoms with Gasteiger partial charge in [0.25, 0.3) is 0 Å². The van der Waals surface area contributed by atoms with Crippen molar-refractivity contribution in [1.29, 1.82) is 0 Å². The van der Waals surface area contributed by atoms with Gasteiger partial charge < -0.3 is 9.64 Å². The minimum Gasteiger partial charge on any atom is -0.444 e. The molecule has 0 unspecified atom stereocenters. The number of benzene rings is 1. The zero-order chi connectivity index (χ0) is 15.5. The van der Waals surface area contributed by atoms with Crippen LogP contribution in [0.1, 0.15) is 39.2 Å². The van der Waals surface area contributed by atoms with Crippen molar-refractivity contribution in [2.24, 2.45) is 0 Å². The highest BCUT2D eigenvalue weighted by Crippen LogP contribution is 2.21. The van der Waals surface area contributed by atoms with Crippen molar-refractivity contribution >= 4 is 12.2 Å². The monoisotopic (exact) mass is 291 g/mol. The van der Waals surface area contributed by atoms with Crippen LogP contribution in [-0.2, 0) is 4.74 Å².